The van der Waals surface area contributed by atoms with Crippen molar-refractivity contribution in [2.75, 3.05) is 7.11 Å². The van der Waals surface area contributed by atoms with Crippen LogP contribution >= 0.6 is 0 Å². The van der Waals surface area contributed by atoms with Gasteiger partial charge in [-0.2, -0.15) is 4.79 Å². The van der Waals surface area contributed by atoms with E-state index >= 15 is 0 Å². The molecule has 0 saturated heterocycles. The lowest BCUT2D eigenvalue weighted by molar-refractivity contribution is 0.00753. The summed E-state index contributed by atoms with van der Waals surface area (Å²) in [7, 11) is -2.35. The van der Waals surface area contributed by atoms with Gasteiger partial charge in [-0.1, -0.05) is 12.1 Å². The molecule has 0 amide bonds. The summed E-state index contributed by atoms with van der Waals surface area (Å²) in [5, 5.41) is 0. The van der Waals surface area contributed by atoms with Crippen LogP contribution < -0.4 is 4.74 Å². The minimum atomic E-state index is -3.72. The van der Waals surface area contributed by atoms with Crippen LogP contribution in [-0.4, -0.2) is 25.9 Å². The lowest BCUT2D eigenvalue weighted by atomic mass is 10.3. The number of para-hydroxylation sites is 1. The van der Waals surface area contributed by atoms with Crippen molar-refractivity contribution in [3.05, 3.63) is 29.8 Å². The van der Waals surface area contributed by atoms with Gasteiger partial charge in [0.1, 0.15) is 10.6 Å². The molecule has 0 radical (unpaired) electrons. The topological polar surface area (TPSA) is 79.8 Å². The number of methoxy groups -OCH3 is 1. The zero-order chi connectivity index (χ0) is 10.6. The quantitative estimate of drug-likeness (QED) is 0.320. The molecule has 0 N–H and O–H groups in total. The van der Waals surface area contributed by atoms with E-state index < -0.39 is 9.84 Å². The average Bonchev–Trinajstić information content (AvgIpc) is 2.18. The molecular weight excluding hydrogens is 204 g/mol. The summed E-state index contributed by atoms with van der Waals surface area (Å²) in [5.74, 6) is 0.215. The molecule has 1 rings (SSSR count). The van der Waals surface area contributed by atoms with Gasteiger partial charge in [0.2, 0.25) is 0 Å². The molecule has 0 atom stereocenters. The minimum Gasteiger partial charge on any atom is -0.495 e. The van der Waals surface area contributed by atoms with Gasteiger partial charge in [-0.25, -0.2) is 8.42 Å². The van der Waals surface area contributed by atoms with E-state index in [0.29, 0.717) is 5.55 Å². The Hall–Kier alpha value is -1.65. The fraction of sp³-hybridized carbons (Fsp3) is 0.125. The van der Waals surface area contributed by atoms with E-state index in [2.05, 4.69) is 4.79 Å². The maximum absolute atomic E-state index is 11.4. The standard InChI is InChI=1S/C8H8N2O3S/c1-13-7-4-2-3-5-8(7)14(11,12)6-10-9/h2-6H,1H3. The lowest BCUT2D eigenvalue weighted by Gasteiger charge is -2.03. The Bertz CT molecular complexity index is 475. The van der Waals surface area contributed by atoms with E-state index in [1.54, 1.807) is 12.1 Å². The maximum atomic E-state index is 11.4. The molecule has 0 aromatic heterocycles. The predicted octanol–water partition coefficient (Wildman–Crippen LogP) is 0.727. The van der Waals surface area contributed by atoms with Crippen molar-refractivity contribution in [2.24, 2.45) is 0 Å². The molecule has 0 unspecified atom stereocenters. The fourth-order valence-electron chi connectivity index (χ4n) is 0.973. The SMILES string of the molecule is COc1ccccc1S(=O)(=O)C=[N+]=[N-]. The van der Waals surface area contributed by atoms with Crippen LogP contribution in [0.15, 0.2) is 29.2 Å². The Morgan fingerprint density at radius 3 is 2.64 bits per heavy atom. The second kappa shape index (κ2) is 4.04. The average molecular weight is 212 g/mol. The van der Waals surface area contributed by atoms with Crippen LogP contribution in [-0.2, 0) is 9.84 Å². The van der Waals surface area contributed by atoms with Gasteiger partial charge >= 0.3 is 5.55 Å². The highest BCUT2D eigenvalue weighted by Gasteiger charge is 2.20. The number of hydrogen-bond donors (Lipinski definition) is 0. The third kappa shape index (κ3) is 1.99. The third-order valence-corrected chi connectivity index (χ3v) is 2.88. The molecular formula is C8H8N2O3S. The van der Waals surface area contributed by atoms with Crippen molar-refractivity contribution in [1.29, 1.82) is 0 Å². The van der Waals surface area contributed by atoms with Gasteiger partial charge in [0.25, 0.3) is 9.84 Å². The van der Waals surface area contributed by atoms with Gasteiger partial charge in [0, 0.05) is 0 Å². The molecule has 0 spiro atoms. The smallest absolute Gasteiger partial charge is 0.374 e. The highest BCUT2D eigenvalue weighted by molar-refractivity contribution is 8.04. The first-order chi connectivity index (χ1) is 6.61. The van der Waals surface area contributed by atoms with Gasteiger partial charge in [-0.3, -0.25) is 0 Å². The van der Waals surface area contributed by atoms with Crippen LogP contribution in [0.1, 0.15) is 0 Å². The summed E-state index contributed by atoms with van der Waals surface area (Å²) in [5.41, 5.74) is 8.64. The Labute approximate surface area is 81.5 Å². The van der Waals surface area contributed by atoms with Gasteiger partial charge in [0.05, 0.1) is 7.11 Å². The van der Waals surface area contributed by atoms with Crippen molar-refractivity contribution in [3.63, 3.8) is 0 Å². The molecule has 0 aliphatic rings. The molecule has 5 nitrogen and oxygen atoms in total. The Morgan fingerprint density at radius 2 is 2.07 bits per heavy atom. The van der Waals surface area contributed by atoms with Gasteiger partial charge in [0.15, 0.2) is 0 Å². The second-order valence-electron chi connectivity index (χ2n) is 2.42. The summed E-state index contributed by atoms with van der Waals surface area (Å²) in [6.45, 7) is 0. The Kier molecular flexibility index (Phi) is 3.01. The van der Waals surface area contributed by atoms with Crippen LogP contribution in [0.5, 0.6) is 5.75 Å². The third-order valence-electron chi connectivity index (χ3n) is 1.56. The number of sulfone groups is 1. The highest BCUT2D eigenvalue weighted by Crippen LogP contribution is 2.22. The largest absolute Gasteiger partial charge is 0.495 e. The molecule has 0 aliphatic heterocycles. The van der Waals surface area contributed by atoms with Gasteiger partial charge in [-0.15, -0.1) is 0 Å². The van der Waals surface area contributed by atoms with Crippen LogP contribution in [0.25, 0.3) is 5.53 Å². The Balaban J connectivity index is 3.39. The first kappa shape index (κ1) is 10.4. The van der Waals surface area contributed by atoms with E-state index in [1.165, 1.54) is 19.2 Å². The fourth-order valence-corrected chi connectivity index (χ4v) is 1.91. The maximum Gasteiger partial charge on any atom is 0.374 e. The number of nitrogens with zero attached hydrogens (tertiary/aromatic N) is 2. The molecule has 14 heavy (non-hydrogen) atoms. The zero-order valence-corrected chi connectivity index (χ0v) is 8.23. The van der Waals surface area contributed by atoms with Crippen LogP contribution in [0.4, 0.5) is 0 Å². The van der Waals surface area contributed by atoms with E-state index in [-0.39, 0.29) is 10.6 Å². The zero-order valence-electron chi connectivity index (χ0n) is 7.41. The molecule has 0 aliphatic carbocycles. The van der Waals surface area contributed by atoms with Crippen LogP contribution in [0.3, 0.4) is 0 Å². The van der Waals surface area contributed by atoms with Crippen LogP contribution in [0, 0.1) is 0 Å². The number of hydrogen-bond acceptors (Lipinski definition) is 3. The molecule has 0 heterocycles. The number of rotatable bonds is 3. The first-order valence-electron chi connectivity index (χ1n) is 3.67. The summed E-state index contributed by atoms with van der Waals surface area (Å²) >= 11 is 0. The summed E-state index contributed by atoms with van der Waals surface area (Å²) in [4.78, 5) is 2.46. The van der Waals surface area contributed by atoms with E-state index in [1.807, 2.05) is 0 Å². The molecule has 1 aromatic rings. The van der Waals surface area contributed by atoms with Crippen molar-refractivity contribution in [2.45, 2.75) is 4.90 Å². The van der Waals surface area contributed by atoms with Gasteiger partial charge in [-0.05, 0) is 12.1 Å². The van der Waals surface area contributed by atoms with Crippen molar-refractivity contribution >= 4 is 15.4 Å². The van der Waals surface area contributed by atoms with Crippen LogP contribution in [0.2, 0.25) is 0 Å². The molecule has 0 fully saturated rings. The summed E-state index contributed by atoms with van der Waals surface area (Å²) in [6.07, 6.45) is 0. The van der Waals surface area contributed by atoms with E-state index in [4.69, 9.17) is 10.3 Å². The molecule has 0 bridgehead atoms. The predicted molar refractivity (Wildman–Crippen MR) is 49.9 cm³/mol. The van der Waals surface area contributed by atoms with Crippen molar-refractivity contribution in [3.8, 4) is 5.75 Å². The number of ether oxygens (including phenoxy) is 1. The molecule has 6 heteroatoms. The lowest BCUT2D eigenvalue weighted by Crippen LogP contribution is -2.04. The number of benzene rings is 1. The van der Waals surface area contributed by atoms with Gasteiger partial charge < -0.3 is 10.3 Å². The van der Waals surface area contributed by atoms with E-state index in [9.17, 15) is 8.42 Å². The normalized spacial score (nSPS) is 10.4. The van der Waals surface area contributed by atoms with Crippen molar-refractivity contribution < 1.29 is 17.9 Å². The second-order valence-corrected chi connectivity index (χ2v) is 4.16. The highest BCUT2D eigenvalue weighted by atomic mass is 32.2. The summed E-state index contributed by atoms with van der Waals surface area (Å²) in [6, 6.07) is 6.09. The molecule has 1 aromatic carbocycles. The Morgan fingerprint density at radius 1 is 1.43 bits per heavy atom. The first-order valence-corrected chi connectivity index (χ1v) is 5.22. The molecule has 74 valence electrons. The monoisotopic (exact) mass is 212 g/mol. The molecule has 0 saturated carbocycles. The summed E-state index contributed by atoms with van der Waals surface area (Å²) < 4.78 is 27.7. The van der Waals surface area contributed by atoms with Crippen molar-refractivity contribution in [1.82, 2.24) is 0 Å². The minimum absolute atomic E-state index is 0.0275. The van der Waals surface area contributed by atoms with E-state index in [0.717, 1.165) is 0 Å².